The Morgan fingerprint density at radius 1 is 1.10 bits per heavy atom. The number of aliphatic carboxylic acids is 2. The predicted molar refractivity (Wildman–Crippen MR) is 110 cm³/mol. The van der Waals surface area contributed by atoms with Gasteiger partial charge < -0.3 is 20.8 Å². The topological polar surface area (TPSA) is 168 Å². The molecule has 10 heteroatoms. The van der Waals surface area contributed by atoms with Gasteiger partial charge in [0.25, 0.3) is 0 Å². The SMILES string of the molecule is CC(C)C[C@@H](C(=O)O)N(N[C@@H](CCC(N)=O)C(=O)O)C(CCON)c1ccccc1. The summed E-state index contributed by atoms with van der Waals surface area (Å²) in [4.78, 5) is 39.8. The second kappa shape index (κ2) is 12.9. The smallest absolute Gasteiger partial charge is 0.322 e. The van der Waals surface area contributed by atoms with Crippen molar-refractivity contribution in [3.8, 4) is 0 Å². The van der Waals surface area contributed by atoms with E-state index in [4.69, 9.17) is 16.5 Å². The Hall–Kier alpha value is -2.53. The summed E-state index contributed by atoms with van der Waals surface area (Å²) in [5.74, 6) is 2.29. The number of carboxylic acids is 2. The number of benzene rings is 1. The number of hydrogen-bond acceptors (Lipinski definition) is 7. The summed E-state index contributed by atoms with van der Waals surface area (Å²) in [6, 6.07) is 6.33. The van der Waals surface area contributed by atoms with E-state index in [0.717, 1.165) is 5.56 Å². The van der Waals surface area contributed by atoms with Crippen molar-refractivity contribution in [1.29, 1.82) is 0 Å². The normalized spacial score (nSPS) is 14.4. The molecule has 0 aliphatic heterocycles. The van der Waals surface area contributed by atoms with Gasteiger partial charge in [0, 0.05) is 6.42 Å². The molecule has 0 saturated heterocycles. The Kier molecular flexibility index (Phi) is 11.0. The molecule has 1 aromatic carbocycles. The Morgan fingerprint density at radius 2 is 1.73 bits per heavy atom. The number of nitrogens with two attached hydrogens (primary N) is 2. The lowest BCUT2D eigenvalue weighted by Gasteiger charge is -2.39. The number of hydrogen-bond donors (Lipinski definition) is 5. The van der Waals surface area contributed by atoms with E-state index in [-0.39, 0.29) is 31.8 Å². The number of primary amides is 1. The van der Waals surface area contributed by atoms with Crippen LogP contribution < -0.4 is 17.1 Å². The molecule has 0 saturated carbocycles. The minimum Gasteiger partial charge on any atom is -0.480 e. The third-order valence-electron chi connectivity index (χ3n) is 4.63. The van der Waals surface area contributed by atoms with Gasteiger partial charge in [-0.15, -0.1) is 0 Å². The number of nitrogens with zero attached hydrogens (tertiary/aromatic N) is 1. The molecule has 0 spiro atoms. The zero-order valence-corrected chi connectivity index (χ0v) is 17.4. The van der Waals surface area contributed by atoms with Gasteiger partial charge in [-0.05, 0) is 30.7 Å². The van der Waals surface area contributed by atoms with E-state index in [1.54, 1.807) is 0 Å². The summed E-state index contributed by atoms with van der Waals surface area (Å²) in [7, 11) is 0. The first-order chi connectivity index (χ1) is 14.2. The first kappa shape index (κ1) is 25.5. The quantitative estimate of drug-likeness (QED) is 0.258. The number of nitrogens with one attached hydrogen (secondary N) is 1. The van der Waals surface area contributed by atoms with Gasteiger partial charge in [-0.1, -0.05) is 44.2 Å². The molecular formula is C20H32N4O6. The first-order valence-electron chi connectivity index (χ1n) is 9.82. The molecule has 168 valence electrons. The van der Waals surface area contributed by atoms with Gasteiger partial charge in [0.2, 0.25) is 5.91 Å². The van der Waals surface area contributed by atoms with Gasteiger partial charge in [0.15, 0.2) is 0 Å². The number of carboxylic acid groups (broad SMARTS) is 2. The molecule has 1 amide bonds. The third-order valence-corrected chi connectivity index (χ3v) is 4.63. The molecule has 1 aromatic rings. The van der Waals surface area contributed by atoms with Gasteiger partial charge in [-0.2, -0.15) is 0 Å². The van der Waals surface area contributed by atoms with E-state index in [2.05, 4.69) is 5.43 Å². The van der Waals surface area contributed by atoms with Crippen LogP contribution in [0.5, 0.6) is 0 Å². The molecule has 0 fully saturated rings. The second-order valence-electron chi connectivity index (χ2n) is 7.50. The number of rotatable bonds is 15. The lowest BCUT2D eigenvalue weighted by Crippen LogP contribution is -2.57. The average Bonchev–Trinajstić information content (AvgIpc) is 2.68. The number of amides is 1. The fraction of sp³-hybridized carbons (Fsp3) is 0.550. The molecule has 0 aliphatic carbocycles. The zero-order chi connectivity index (χ0) is 22.7. The summed E-state index contributed by atoms with van der Waals surface area (Å²) < 4.78 is 0. The van der Waals surface area contributed by atoms with E-state index in [0.29, 0.717) is 6.42 Å². The maximum Gasteiger partial charge on any atom is 0.322 e. The van der Waals surface area contributed by atoms with Crippen LogP contribution in [0.4, 0.5) is 0 Å². The summed E-state index contributed by atoms with van der Waals surface area (Å²) in [5, 5.41) is 21.0. The third kappa shape index (κ3) is 8.46. The lowest BCUT2D eigenvalue weighted by atomic mass is 9.97. The van der Waals surface area contributed by atoms with Crippen LogP contribution >= 0.6 is 0 Å². The second-order valence-corrected chi connectivity index (χ2v) is 7.50. The lowest BCUT2D eigenvalue weighted by molar-refractivity contribution is -0.152. The highest BCUT2D eigenvalue weighted by Gasteiger charge is 2.35. The molecule has 30 heavy (non-hydrogen) atoms. The molecule has 1 unspecified atom stereocenters. The fourth-order valence-electron chi connectivity index (χ4n) is 3.21. The minimum absolute atomic E-state index is 0.0338. The highest BCUT2D eigenvalue weighted by molar-refractivity contribution is 5.77. The monoisotopic (exact) mass is 424 g/mol. The minimum atomic E-state index is -1.21. The molecule has 1 rings (SSSR count). The largest absolute Gasteiger partial charge is 0.480 e. The summed E-state index contributed by atoms with van der Waals surface area (Å²) >= 11 is 0. The molecule has 3 atom stereocenters. The summed E-state index contributed by atoms with van der Waals surface area (Å²) in [6.45, 7) is 3.90. The molecule has 10 nitrogen and oxygen atoms in total. The number of carbonyl (C=O) groups excluding carboxylic acids is 1. The van der Waals surface area contributed by atoms with E-state index in [1.165, 1.54) is 5.01 Å². The van der Waals surface area contributed by atoms with Crippen molar-refractivity contribution in [3.05, 3.63) is 35.9 Å². The molecular weight excluding hydrogens is 392 g/mol. The predicted octanol–water partition coefficient (Wildman–Crippen LogP) is 1.03. The van der Waals surface area contributed by atoms with Crippen LogP contribution in [0.25, 0.3) is 0 Å². The summed E-state index contributed by atoms with van der Waals surface area (Å²) in [5.41, 5.74) is 8.79. The zero-order valence-electron chi connectivity index (χ0n) is 17.4. The van der Waals surface area contributed by atoms with Crippen molar-refractivity contribution >= 4 is 17.8 Å². The Bertz CT molecular complexity index is 685. The van der Waals surface area contributed by atoms with Gasteiger partial charge in [-0.3, -0.25) is 14.4 Å². The van der Waals surface area contributed by atoms with Crippen LogP contribution in [0.1, 0.15) is 51.1 Å². The highest BCUT2D eigenvalue weighted by atomic mass is 16.6. The van der Waals surface area contributed by atoms with Gasteiger partial charge in [0.1, 0.15) is 12.1 Å². The van der Waals surface area contributed by atoms with E-state index < -0.39 is 36.0 Å². The van der Waals surface area contributed by atoms with Crippen molar-refractivity contribution in [2.24, 2.45) is 17.5 Å². The maximum absolute atomic E-state index is 12.1. The van der Waals surface area contributed by atoms with Crippen LogP contribution in [0.15, 0.2) is 30.3 Å². The van der Waals surface area contributed by atoms with Crippen molar-refractivity contribution in [3.63, 3.8) is 0 Å². The van der Waals surface area contributed by atoms with E-state index in [1.807, 2.05) is 44.2 Å². The fourth-order valence-corrected chi connectivity index (χ4v) is 3.21. The van der Waals surface area contributed by atoms with Gasteiger partial charge in [0.05, 0.1) is 12.6 Å². The number of carbonyl (C=O) groups is 3. The first-order valence-corrected chi connectivity index (χ1v) is 9.82. The number of hydrazine groups is 1. The van der Waals surface area contributed by atoms with Gasteiger partial charge >= 0.3 is 11.9 Å². The molecule has 0 radical (unpaired) electrons. The van der Waals surface area contributed by atoms with Crippen molar-refractivity contribution in [2.75, 3.05) is 6.61 Å². The standard InChI is InChI=1S/C20H32N4O6/c1-13(2)12-17(20(28)29)24(23-15(19(26)27)8-9-18(21)25)16(10-11-30-22)14-6-4-3-5-7-14/h3-7,13,15-17,23H,8-12,22H2,1-2H3,(H2,21,25)(H,26,27)(H,28,29)/t15-,16?,17-/m0/s1. The van der Waals surface area contributed by atoms with Crippen LogP contribution in [0.2, 0.25) is 0 Å². The molecule has 0 heterocycles. The van der Waals surface area contributed by atoms with Crippen molar-refractivity contribution in [1.82, 2.24) is 10.4 Å². The molecule has 0 bridgehead atoms. The van der Waals surface area contributed by atoms with Crippen LogP contribution in [-0.4, -0.2) is 51.8 Å². The summed E-state index contributed by atoms with van der Waals surface area (Å²) in [6.07, 6.45) is 0.362. The van der Waals surface area contributed by atoms with Crippen LogP contribution in [-0.2, 0) is 19.2 Å². The Labute approximate surface area is 176 Å². The Balaban J connectivity index is 3.37. The van der Waals surface area contributed by atoms with Crippen molar-refractivity contribution < 1.29 is 29.4 Å². The molecule has 7 N–H and O–H groups in total. The molecule has 0 aromatic heterocycles. The average molecular weight is 424 g/mol. The van der Waals surface area contributed by atoms with E-state index >= 15 is 0 Å². The van der Waals surface area contributed by atoms with Crippen molar-refractivity contribution in [2.45, 2.75) is 57.7 Å². The van der Waals surface area contributed by atoms with Crippen LogP contribution in [0.3, 0.4) is 0 Å². The Morgan fingerprint density at radius 3 is 2.20 bits per heavy atom. The maximum atomic E-state index is 12.1. The highest BCUT2D eigenvalue weighted by Crippen LogP contribution is 2.28. The molecule has 0 aliphatic rings. The van der Waals surface area contributed by atoms with Crippen LogP contribution in [0, 0.1) is 5.92 Å². The van der Waals surface area contributed by atoms with Gasteiger partial charge in [-0.25, -0.2) is 16.3 Å². The van der Waals surface area contributed by atoms with E-state index in [9.17, 15) is 24.6 Å².